The lowest BCUT2D eigenvalue weighted by Gasteiger charge is -2.11. The molecular formula is C14H12F2N2O2. The largest absolute Gasteiger partial charge is 0.453 e. The highest BCUT2D eigenvalue weighted by Gasteiger charge is 2.12. The second kappa shape index (κ2) is 5.56. The van der Waals surface area contributed by atoms with Gasteiger partial charge in [-0.1, -0.05) is 11.2 Å². The Kier molecular flexibility index (Phi) is 3.84. The van der Waals surface area contributed by atoms with E-state index in [1.807, 2.05) is 6.92 Å². The van der Waals surface area contributed by atoms with Crippen molar-refractivity contribution in [2.24, 2.45) is 10.9 Å². The van der Waals surface area contributed by atoms with Crippen molar-refractivity contribution in [3.05, 3.63) is 59.2 Å². The van der Waals surface area contributed by atoms with Crippen LogP contribution in [0.5, 0.6) is 11.5 Å². The van der Waals surface area contributed by atoms with Gasteiger partial charge in [0, 0.05) is 6.07 Å². The fourth-order valence-electron chi connectivity index (χ4n) is 1.66. The molecule has 6 heteroatoms. The first-order valence-corrected chi connectivity index (χ1v) is 5.72. The van der Waals surface area contributed by atoms with Crippen molar-refractivity contribution in [3.8, 4) is 11.5 Å². The summed E-state index contributed by atoms with van der Waals surface area (Å²) in [5.74, 6) is -1.63. The molecule has 0 saturated heterocycles. The molecule has 0 saturated carbocycles. The minimum absolute atomic E-state index is 0.149. The quantitative estimate of drug-likeness (QED) is 0.392. The van der Waals surface area contributed by atoms with Gasteiger partial charge in [0.05, 0.1) is 5.56 Å². The Hall–Kier alpha value is -2.63. The van der Waals surface area contributed by atoms with E-state index < -0.39 is 11.6 Å². The van der Waals surface area contributed by atoms with Crippen molar-refractivity contribution in [3.63, 3.8) is 0 Å². The zero-order valence-corrected chi connectivity index (χ0v) is 10.6. The van der Waals surface area contributed by atoms with Gasteiger partial charge in [-0.05, 0) is 36.8 Å². The minimum Gasteiger partial charge on any atom is -0.453 e. The highest BCUT2D eigenvalue weighted by atomic mass is 19.1. The van der Waals surface area contributed by atoms with Gasteiger partial charge >= 0.3 is 0 Å². The van der Waals surface area contributed by atoms with Gasteiger partial charge in [0.25, 0.3) is 0 Å². The van der Waals surface area contributed by atoms with Crippen molar-refractivity contribution in [2.75, 3.05) is 0 Å². The molecule has 2 rings (SSSR count). The summed E-state index contributed by atoms with van der Waals surface area (Å²) in [5, 5.41) is 11.6. The van der Waals surface area contributed by atoms with Crippen molar-refractivity contribution in [1.82, 2.24) is 0 Å². The summed E-state index contributed by atoms with van der Waals surface area (Å²) in [5.41, 5.74) is 6.68. The second-order valence-corrected chi connectivity index (χ2v) is 4.16. The van der Waals surface area contributed by atoms with E-state index in [4.69, 9.17) is 15.7 Å². The Morgan fingerprint density at radius 1 is 1.15 bits per heavy atom. The van der Waals surface area contributed by atoms with Gasteiger partial charge in [0.1, 0.15) is 11.6 Å². The topological polar surface area (TPSA) is 67.8 Å². The lowest BCUT2D eigenvalue weighted by molar-refractivity contribution is 0.318. The lowest BCUT2D eigenvalue weighted by Crippen LogP contribution is -2.14. The normalized spacial score (nSPS) is 11.4. The summed E-state index contributed by atoms with van der Waals surface area (Å²) in [7, 11) is 0. The van der Waals surface area contributed by atoms with Crippen LogP contribution in [0.25, 0.3) is 0 Å². The van der Waals surface area contributed by atoms with E-state index in [1.165, 1.54) is 6.07 Å². The second-order valence-electron chi connectivity index (χ2n) is 4.16. The Balaban J connectivity index is 2.44. The van der Waals surface area contributed by atoms with Crippen LogP contribution in [0.1, 0.15) is 11.1 Å². The van der Waals surface area contributed by atoms with Crippen LogP contribution in [-0.2, 0) is 0 Å². The van der Waals surface area contributed by atoms with Crippen LogP contribution < -0.4 is 10.5 Å². The summed E-state index contributed by atoms with van der Waals surface area (Å²) >= 11 is 0. The molecule has 0 aliphatic carbocycles. The maximum Gasteiger partial charge on any atom is 0.173 e. The molecule has 0 aliphatic heterocycles. The van der Waals surface area contributed by atoms with E-state index in [1.54, 1.807) is 18.2 Å². The maximum atomic E-state index is 13.6. The van der Waals surface area contributed by atoms with Gasteiger partial charge in [0.2, 0.25) is 0 Å². The van der Waals surface area contributed by atoms with Crippen molar-refractivity contribution in [2.45, 2.75) is 6.92 Å². The Morgan fingerprint density at radius 2 is 1.90 bits per heavy atom. The fraction of sp³-hybridized carbons (Fsp3) is 0.0714. The molecule has 0 atom stereocenters. The van der Waals surface area contributed by atoms with Crippen molar-refractivity contribution >= 4 is 5.84 Å². The smallest absolute Gasteiger partial charge is 0.173 e. The zero-order chi connectivity index (χ0) is 14.7. The first kappa shape index (κ1) is 13.8. The van der Waals surface area contributed by atoms with Gasteiger partial charge in [0.15, 0.2) is 17.4 Å². The number of hydrogen-bond acceptors (Lipinski definition) is 3. The average molecular weight is 278 g/mol. The zero-order valence-electron chi connectivity index (χ0n) is 10.6. The molecule has 0 aromatic heterocycles. The number of hydrogen-bond donors (Lipinski definition) is 2. The predicted octanol–water partition coefficient (Wildman–Crippen LogP) is 3.16. The highest BCUT2D eigenvalue weighted by Crippen LogP contribution is 2.28. The number of amidine groups is 1. The van der Waals surface area contributed by atoms with Crippen LogP contribution >= 0.6 is 0 Å². The first-order chi connectivity index (χ1) is 9.51. The average Bonchev–Trinajstić information content (AvgIpc) is 2.41. The number of oxime groups is 1. The van der Waals surface area contributed by atoms with Gasteiger partial charge in [-0.15, -0.1) is 0 Å². The Bertz CT molecular complexity index is 672. The van der Waals surface area contributed by atoms with Crippen LogP contribution in [0.15, 0.2) is 41.6 Å². The minimum atomic E-state index is -0.836. The van der Waals surface area contributed by atoms with Gasteiger partial charge < -0.3 is 15.7 Å². The molecule has 2 aromatic carbocycles. The van der Waals surface area contributed by atoms with E-state index in [2.05, 4.69) is 5.16 Å². The van der Waals surface area contributed by atoms with Crippen molar-refractivity contribution < 1.29 is 18.7 Å². The predicted molar refractivity (Wildman–Crippen MR) is 70.1 cm³/mol. The van der Waals surface area contributed by atoms with E-state index in [9.17, 15) is 8.78 Å². The van der Waals surface area contributed by atoms with Gasteiger partial charge in [-0.25, -0.2) is 8.78 Å². The number of benzene rings is 2. The summed E-state index contributed by atoms with van der Waals surface area (Å²) in [6.45, 7) is 1.81. The van der Waals surface area contributed by atoms with E-state index >= 15 is 0 Å². The molecule has 3 N–H and O–H groups in total. The standard InChI is InChI=1S/C14H12F2N2O2/c1-8-2-4-10(14(17)18-19)13(6-8)20-12-5-3-9(15)7-11(12)16/h2-7,19H,1H3,(H2,17,18). The number of aryl methyl sites for hydroxylation is 1. The fourth-order valence-corrected chi connectivity index (χ4v) is 1.66. The number of nitrogens with zero attached hydrogens (tertiary/aromatic N) is 1. The van der Waals surface area contributed by atoms with Crippen LogP contribution in [-0.4, -0.2) is 11.0 Å². The molecule has 0 fully saturated rings. The summed E-state index contributed by atoms with van der Waals surface area (Å²) in [6, 6.07) is 7.90. The molecule has 0 unspecified atom stereocenters. The number of rotatable bonds is 3. The molecule has 0 aliphatic rings. The molecule has 2 aromatic rings. The van der Waals surface area contributed by atoms with Gasteiger partial charge in [-0.3, -0.25) is 0 Å². The Labute approximate surface area is 114 Å². The highest BCUT2D eigenvalue weighted by molar-refractivity contribution is 5.99. The monoisotopic (exact) mass is 278 g/mol. The third-order valence-electron chi connectivity index (χ3n) is 2.63. The molecule has 104 valence electrons. The molecule has 0 amide bonds. The molecule has 0 bridgehead atoms. The Morgan fingerprint density at radius 3 is 2.55 bits per heavy atom. The molecule has 4 nitrogen and oxygen atoms in total. The molecular weight excluding hydrogens is 266 g/mol. The van der Waals surface area contributed by atoms with Crippen LogP contribution in [0.2, 0.25) is 0 Å². The SMILES string of the molecule is Cc1ccc(C(N)=NO)c(Oc2ccc(F)cc2F)c1. The van der Waals surface area contributed by atoms with Crippen LogP contribution in [0.4, 0.5) is 8.78 Å². The maximum absolute atomic E-state index is 13.6. The van der Waals surface area contributed by atoms with Crippen LogP contribution in [0.3, 0.4) is 0 Å². The van der Waals surface area contributed by atoms with E-state index in [0.29, 0.717) is 11.6 Å². The molecule has 0 spiro atoms. The number of halogens is 2. The van der Waals surface area contributed by atoms with Gasteiger partial charge in [-0.2, -0.15) is 0 Å². The first-order valence-electron chi connectivity index (χ1n) is 5.72. The van der Waals surface area contributed by atoms with Crippen molar-refractivity contribution in [1.29, 1.82) is 0 Å². The lowest BCUT2D eigenvalue weighted by atomic mass is 10.1. The van der Waals surface area contributed by atoms with E-state index in [-0.39, 0.29) is 17.3 Å². The molecule has 0 heterocycles. The third-order valence-corrected chi connectivity index (χ3v) is 2.63. The van der Waals surface area contributed by atoms with Crippen LogP contribution in [0, 0.1) is 18.6 Å². The third kappa shape index (κ3) is 2.85. The molecule has 20 heavy (non-hydrogen) atoms. The van der Waals surface area contributed by atoms with E-state index in [0.717, 1.165) is 11.6 Å². The molecule has 0 radical (unpaired) electrons. The summed E-state index contributed by atoms with van der Waals surface area (Å²) in [4.78, 5) is 0. The summed E-state index contributed by atoms with van der Waals surface area (Å²) in [6.07, 6.45) is 0. The summed E-state index contributed by atoms with van der Waals surface area (Å²) < 4.78 is 31.8. The number of ether oxygens (including phenoxy) is 1. The number of nitrogens with two attached hydrogens (primary N) is 1.